The van der Waals surface area contributed by atoms with E-state index in [2.05, 4.69) is 29.2 Å². The van der Waals surface area contributed by atoms with Crippen LogP contribution in [0.3, 0.4) is 0 Å². The van der Waals surface area contributed by atoms with Crippen molar-refractivity contribution in [2.45, 2.75) is 33.9 Å². The van der Waals surface area contributed by atoms with Crippen LogP contribution in [0.4, 0.5) is 0 Å². The largest absolute Gasteiger partial charge is 0.310 e. The Morgan fingerprint density at radius 3 is 2.78 bits per heavy atom. The van der Waals surface area contributed by atoms with Crippen LogP contribution < -0.4 is 5.32 Å². The summed E-state index contributed by atoms with van der Waals surface area (Å²) < 4.78 is 24.5. The van der Waals surface area contributed by atoms with Gasteiger partial charge in [0.2, 0.25) is 0 Å². The molecule has 1 heterocycles. The molecule has 0 saturated heterocycles. The van der Waals surface area contributed by atoms with Gasteiger partial charge in [0.05, 0.1) is 18.8 Å². The normalized spacial score (nSPS) is 12.2. The zero-order chi connectivity index (χ0) is 13.6. The Morgan fingerprint density at radius 1 is 1.44 bits per heavy atom. The van der Waals surface area contributed by atoms with Crippen LogP contribution in [0.15, 0.2) is 6.33 Å². The molecule has 7 heteroatoms. The minimum absolute atomic E-state index is 0.115. The monoisotopic (exact) mass is 274 g/mol. The molecule has 6 nitrogen and oxygen atoms in total. The van der Waals surface area contributed by atoms with E-state index < -0.39 is 9.84 Å². The number of hydrogen-bond acceptors (Lipinski definition) is 5. The molecule has 0 aliphatic rings. The first-order valence-electron chi connectivity index (χ1n) is 6.22. The number of hydrogen-bond donors (Lipinski definition) is 1. The fraction of sp³-hybridized carbons (Fsp3) is 0.818. The van der Waals surface area contributed by atoms with Gasteiger partial charge >= 0.3 is 0 Å². The number of nitrogens with one attached hydrogen (secondary N) is 1. The molecule has 1 rings (SSSR count). The zero-order valence-electron chi connectivity index (χ0n) is 11.3. The van der Waals surface area contributed by atoms with Gasteiger partial charge in [0.1, 0.15) is 12.2 Å². The number of aryl methyl sites for hydroxylation is 1. The number of sulfone groups is 1. The molecular weight excluding hydrogens is 252 g/mol. The fourth-order valence-corrected chi connectivity index (χ4v) is 2.19. The number of nitrogens with zero attached hydrogens (tertiary/aromatic N) is 3. The third-order valence-electron chi connectivity index (χ3n) is 2.59. The standard InChI is InChI=1S/C11H22N4O2S/c1-4-18(16,17)6-5-15-11(13-9-14-15)8-12-7-10(2)3/h9-10,12H,4-8H2,1-3H3. The van der Waals surface area contributed by atoms with Crippen LogP contribution in [0.25, 0.3) is 0 Å². The predicted octanol–water partition coefficient (Wildman–Crippen LogP) is 0.458. The lowest BCUT2D eigenvalue weighted by Gasteiger charge is -2.08. The zero-order valence-corrected chi connectivity index (χ0v) is 12.1. The molecule has 0 aliphatic heterocycles. The van der Waals surface area contributed by atoms with Crippen molar-refractivity contribution in [1.82, 2.24) is 20.1 Å². The van der Waals surface area contributed by atoms with E-state index in [1.165, 1.54) is 6.33 Å². The van der Waals surface area contributed by atoms with Crippen LogP contribution >= 0.6 is 0 Å². The first-order valence-corrected chi connectivity index (χ1v) is 8.04. The Bertz CT molecular complexity index is 453. The topological polar surface area (TPSA) is 76.9 Å². The summed E-state index contributed by atoms with van der Waals surface area (Å²) in [6.07, 6.45) is 1.46. The van der Waals surface area contributed by atoms with Crippen molar-refractivity contribution in [1.29, 1.82) is 0 Å². The van der Waals surface area contributed by atoms with Gasteiger partial charge in [0.25, 0.3) is 0 Å². The molecule has 18 heavy (non-hydrogen) atoms. The predicted molar refractivity (Wildman–Crippen MR) is 70.9 cm³/mol. The highest BCUT2D eigenvalue weighted by molar-refractivity contribution is 7.91. The molecule has 0 spiro atoms. The van der Waals surface area contributed by atoms with Crippen molar-refractivity contribution >= 4 is 9.84 Å². The van der Waals surface area contributed by atoms with Crippen molar-refractivity contribution in [3.05, 3.63) is 12.2 Å². The Kier molecular flexibility index (Phi) is 5.74. The molecule has 1 aromatic heterocycles. The van der Waals surface area contributed by atoms with Crippen LogP contribution in [0.1, 0.15) is 26.6 Å². The lowest BCUT2D eigenvalue weighted by molar-refractivity contribution is 0.517. The minimum Gasteiger partial charge on any atom is -0.310 e. The van der Waals surface area contributed by atoms with E-state index >= 15 is 0 Å². The van der Waals surface area contributed by atoms with Gasteiger partial charge in [-0.25, -0.2) is 18.1 Å². The minimum atomic E-state index is -2.96. The molecule has 1 aromatic rings. The summed E-state index contributed by atoms with van der Waals surface area (Å²) in [5.41, 5.74) is 0. The van der Waals surface area contributed by atoms with Gasteiger partial charge < -0.3 is 5.32 Å². The van der Waals surface area contributed by atoms with Crippen molar-refractivity contribution in [2.75, 3.05) is 18.1 Å². The summed E-state index contributed by atoms with van der Waals surface area (Å²) in [5.74, 6) is 1.64. The van der Waals surface area contributed by atoms with Crippen LogP contribution in [0.5, 0.6) is 0 Å². The maximum atomic E-state index is 11.4. The van der Waals surface area contributed by atoms with Crippen molar-refractivity contribution in [3.63, 3.8) is 0 Å². The fourth-order valence-electron chi connectivity index (χ4n) is 1.45. The first-order chi connectivity index (χ1) is 8.44. The average Bonchev–Trinajstić information content (AvgIpc) is 2.74. The van der Waals surface area contributed by atoms with Gasteiger partial charge in [0, 0.05) is 5.75 Å². The lowest BCUT2D eigenvalue weighted by atomic mass is 10.2. The summed E-state index contributed by atoms with van der Waals surface area (Å²) in [7, 11) is -2.96. The Balaban J connectivity index is 2.50. The summed E-state index contributed by atoms with van der Waals surface area (Å²) in [6, 6.07) is 0. The summed E-state index contributed by atoms with van der Waals surface area (Å²) >= 11 is 0. The van der Waals surface area contributed by atoms with E-state index in [0.717, 1.165) is 12.4 Å². The summed E-state index contributed by atoms with van der Waals surface area (Å²) in [6.45, 7) is 7.80. The molecule has 0 saturated carbocycles. The van der Waals surface area contributed by atoms with Gasteiger partial charge in [-0.15, -0.1) is 0 Å². The highest BCUT2D eigenvalue weighted by Crippen LogP contribution is 1.98. The van der Waals surface area contributed by atoms with Crippen LogP contribution in [0.2, 0.25) is 0 Å². The maximum absolute atomic E-state index is 11.4. The van der Waals surface area contributed by atoms with Crippen molar-refractivity contribution < 1.29 is 8.42 Å². The van der Waals surface area contributed by atoms with E-state index in [1.54, 1.807) is 11.6 Å². The second-order valence-electron chi connectivity index (χ2n) is 4.66. The quantitative estimate of drug-likeness (QED) is 0.745. The molecule has 0 amide bonds. The lowest BCUT2D eigenvalue weighted by Crippen LogP contribution is -2.23. The third-order valence-corrected chi connectivity index (χ3v) is 4.27. The molecule has 0 aromatic carbocycles. The van der Waals surface area contributed by atoms with E-state index in [1.807, 2.05) is 0 Å². The van der Waals surface area contributed by atoms with E-state index in [4.69, 9.17) is 0 Å². The Morgan fingerprint density at radius 2 is 2.17 bits per heavy atom. The van der Waals surface area contributed by atoms with Gasteiger partial charge in [-0.1, -0.05) is 20.8 Å². The van der Waals surface area contributed by atoms with Crippen LogP contribution in [0, 0.1) is 5.92 Å². The van der Waals surface area contributed by atoms with E-state index in [0.29, 0.717) is 19.0 Å². The van der Waals surface area contributed by atoms with E-state index in [-0.39, 0.29) is 11.5 Å². The van der Waals surface area contributed by atoms with Gasteiger partial charge in [0.15, 0.2) is 9.84 Å². The maximum Gasteiger partial charge on any atom is 0.151 e. The third kappa shape index (κ3) is 5.14. The van der Waals surface area contributed by atoms with E-state index in [9.17, 15) is 8.42 Å². The Hall–Kier alpha value is -0.950. The van der Waals surface area contributed by atoms with Crippen molar-refractivity contribution in [2.24, 2.45) is 5.92 Å². The number of rotatable bonds is 8. The SMILES string of the molecule is CCS(=O)(=O)CCn1ncnc1CNCC(C)C. The molecule has 0 radical (unpaired) electrons. The van der Waals surface area contributed by atoms with Crippen molar-refractivity contribution in [3.8, 4) is 0 Å². The molecule has 0 unspecified atom stereocenters. The molecule has 1 N–H and O–H groups in total. The Labute approximate surface area is 109 Å². The molecular formula is C11H22N4O2S. The van der Waals surface area contributed by atoms with Gasteiger partial charge in [-0.2, -0.15) is 5.10 Å². The molecule has 104 valence electrons. The highest BCUT2D eigenvalue weighted by Gasteiger charge is 2.10. The molecule has 0 fully saturated rings. The smallest absolute Gasteiger partial charge is 0.151 e. The second-order valence-corrected chi connectivity index (χ2v) is 7.13. The highest BCUT2D eigenvalue weighted by atomic mass is 32.2. The second kappa shape index (κ2) is 6.84. The van der Waals surface area contributed by atoms with Crippen LogP contribution in [-0.4, -0.2) is 41.2 Å². The molecule has 0 aliphatic carbocycles. The van der Waals surface area contributed by atoms with Crippen LogP contribution in [-0.2, 0) is 22.9 Å². The molecule has 0 bridgehead atoms. The number of aromatic nitrogens is 3. The molecule has 0 atom stereocenters. The first kappa shape index (κ1) is 15.1. The van der Waals surface area contributed by atoms with Gasteiger partial charge in [-0.3, -0.25) is 0 Å². The average molecular weight is 274 g/mol. The summed E-state index contributed by atoms with van der Waals surface area (Å²) in [4.78, 5) is 4.13. The summed E-state index contributed by atoms with van der Waals surface area (Å²) in [5, 5.41) is 7.32. The van der Waals surface area contributed by atoms with Gasteiger partial charge in [-0.05, 0) is 12.5 Å².